The zero-order valence-corrected chi connectivity index (χ0v) is 21.5. The summed E-state index contributed by atoms with van der Waals surface area (Å²) in [6.07, 6.45) is -15.4. The minimum absolute atomic E-state index is 0.0329. The molecule has 45 heavy (non-hydrogen) atoms. The number of rotatable bonds is 3. The first kappa shape index (κ1) is 28.4. The van der Waals surface area contributed by atoms with Crippen LogP contribution in [0.2, 0.25) is 0 Å². The van der Waals surface area contributed by atoms with Gasteiger partial charge < -0.3 is 14.2 Å². The number of hydrogen-bond donors (Lipinski definition) is 0. The predicted octanol–water partition coefficient (Wildman–Crippen LogP) is 7.70. The standard InChI is InChI=1S/C30H9F9O6/c31-28(32,33)43-10-1-4-13-16(7-10)25(40)22-19(13)23-21(14-5-2-11(44-29(34,35)36)8-17(14)26(23)41)24-20(22)15-6-3-12(45-30(37,38)39)9-18(15)27(24)42/h1-9H. The highest BCUT2D eigenvalue weighted by Gasteiger charge is 2.34. The third kappa shape index (κ3) is 4.40. The lowest BCUT2D eigenvalue weighted by atomic mass is 9.99. The second-order valence-electron chi connectivity index (χ2n) is 10.0. The van der Waals surface area contributed by atoms with E-state index in [-0.39, 0.29) is 64.6 Å². The molecular weight excluding hydrogens is 627 g/mol. The summed E-state index contributed by atoms with van der Waals surface area (Å²) in [5, 5.41) is -2.36. The van der Waals surface area contributed by atoms with Crippen LogP contribution in [0.3, 0.4) is 0 Å². The number of benzene rings is 4. The van der Waals surface area contributed by atoms with Crippen molar-refractivity contribution in [1.82, 2.24) is 0 Å². The molecule has 15 heteroatoms. The Balaban J connectivity index is 1.71. The predicted molar refractivity (Wildman–Crippen MR) is 144 cm³/mol. The van der Waals surface area contributed by atoms with Gasteiger partial charge in [-0.1, -0.05) is 0 Å². The van der Waals surface area contributed by atoms with Crippen LogP contribution in [-0.2, 0) is 0 Å². The van der Waals surface area contributed by atoms with Crippen molar-refractivity contribution >= 4 is 64.6 Å². The molecule has 0 spiro atoms. The molecule has 6 nitrogen and oxygen atoms in total. The molecule has 0 atom stereocenters. The van der Waals surface area contributed by atoms with Crippen LogP contribution in [-0.4, -0.2) is 19.1 Å². The fraction of sp³-hybridized carbons (Fsp3) is 0.100. The van der Waals surface area contributed by atoms with Gasteiger partial charge in [0, 0.05) is 48.5 Å². The molecule has 0 N–H and O–H groups in total. The van der Waals surface area contributed by atoms with Crippen molar-refractivity contribution in [2.24, 2.45) is 0 Å². The average molecular weight is 636 g/mol. The number of alkyl halides is 9. The Labute approximate surface area is 240 Å². The van der Waals surface area contributed by atoms with E-state index in [2.05, 4.69) is 14.2 Å². The zero-order valence-electron chi connectivity index (χ0n) is 21.5. The minimum atomic E-state index is -5.12. The largest absolute Gasteiger partial charge is 0.573 e. The van der Waals surface area contributed by atoms with Crippen LogP contribution >= 0.6 is 0 Å². The van der Waals surface area contributed by atoms with Gasteiger partial charge in [-0.05, 0) is 70.8 Å². The quantitative estimate of drug-likeness (QED) is 0.185. The Morgan fingerprint density at radius 1 is 0.356 bits per heavy atom. The van der Waals surface area contributed by atoms with E-state index in [1.165, 1.54) is 0 Å². The van der Waals surface area contributed by atoms with Gasteiger partial charge in [0.1, 0.15) is 17.2 Å². The van der Waals surface area contributed by atoms with E-state index in [0.717, 1.165) is 54.6 Å². The van der Waals surface area contributed by atoms with Gasteiger partial charge in [0.05, 0.1) is 0 Å². The van der Waals surface area contributed by atoms with Gasteiger partial charge in [-0.25, -0.2) is 0 Å². The molecule has 7 aromatic rings. The van der Waals surface area contributed by atoms with Crippen LogP contribution in [0.25, 0.3) is 64.6 Å². The summed E-state index contributed by atoms with van der Waals surface area (Å²) in [7, 11) is 0. The first-order valence-electron chi connectivity index (χ1n) is 12.5. The average Bonchev–Trinajstić information content (AvgIpc) is 3.47. The highest BCUT2D eigenvalue weighted by Crippen LogP contribution is 2.44. The molecule has 0 heterocycles. The molecule has 7 rings (SSSR count). The maximum absolute atomic E-state index is 13.8. The summed E-state index contributed by atoms with van der Waals surface area (Å²) >= 11 is 0. The number of halogens is 9. The molecule has 0 amide bonds. The van der Waals surface area contributed by atoms with E-state index in [0.29, 0.717) is 0 Å². The van der Waals surface area contributed by atoms with E-state index in [9.17, 15) is 53.9 Å². The third-order valence-electron chi connectivity index (χ3n) is 7.40. The first-order chi connectivity index (χ1) is 20.9. The van der Waals surface area contributed by atoms with Crippen LogP contribution in [0.15, 0.2) is 69.0 Å². The second-order valence-corrected chi connectivity index (χ2v) is 10.0. The molecule has 0 radical (unpaired) electrons. The Morgan fingerprint density at radius 3 is 0.822 bits per heavy atom. The van der Waals surface area contributed by atoms with Crippen LogP contribution in [0.4, 0.5) is 39.5 Å². The molecule has 0 aliphatic heterocycles. The SMILES string of the molecule is O=c1c2cc(OC(F)(F)F)ccc2c2c1c1c3ccc(OC(F)(F)F)cc3c(=O)c1c1c3ccc(OC(F)(F)F)cc3c(=O)c21. The van der Waals surface area contributed by atoms with Crippen LogP contribution in [0.5, 0.6) is 17.2 Å². The minimum Gasteiger partial charge on any atom is -0.406 e. The van der Waals surface area contributed by atoms with Gasteiger partial charge in [-0.15, -0.1) is 39.5 Å². The fourth-order valence-corrected chi connectivity index (χ4v) is 6.02. The Bertz CT molecular complexity index is 2230. The molecule has 0 aliphatic carbocycles. The number of hydrogen-bond acceptors (Lipinski definition) is 6. The smallest absolute Gasteiger partial charge is 0.406 e. The summed E-state index contributed by atoms with van der Waals surface area (Å²) in [6, 6.07) is 8.25. The summed E-state index contributed by atoms with van der Waals surface area (Å²) in [5.41, 5.74) is -2.77. The van der Waals surface area contributed by atoms with Crippen molar-refractivity contribution in [2.45, 2.75) is 19.1 Å². The molecule has 0 aromatic heterocycles. The fourth-order valence-electron chi connectivity index (χ4n) is 6.02. The molecule has 0 saturated heterocycles. The maximum atomic E-state index is 13.8. The van der Waals surface area contributed by atoms with Gasteiger partial charge in [0.25, 0.3) is 0 Å². The molecule has 7 aromatic carbocycles. The number of ether oxygens (including phenoxy) is 3. The van der Waals surface area contributed by atoms with E-state index in [4.69, 9.17) is 0 Å². The van der Waals surface area contributed by atoms with Crippen LogP contribution in [0, 0.1) is 0 Å². The first-order valence-corrected chi connectivity index (χ1v) is 12.5. The molecule has 0 saturated carbocycles. The summed E-state index contributed by atoms with van der Waals surface area (Å²) in [6.45, 7) is 0. The third-order valence-corrected chi connectivity index (χ3v) is 7.40. The van der Waals surface area contributed by atoms with Gasteiger partial charge in [0.2, 0.25) is 0 Å². The summed E-state index contributed by atoms with van der Waals surface area (Å²) in [4.78, 5) is 41.5. The van der Waals surface area contributed by atoms with E-state index < -0.39 is 52.6 Å². The van der Waals surface area contributed by atoms with Crippen LogP contribution < -0.4 is 30.5 Å². The zero-order chi connectivity index (χ0) is 32.4. The van der Waals surface area contributed by atoms with Gasteiger partial charge in [-0.3, -0.25) is 14.4 Å². The van der Waals surface area contributed by atoms with E-state index in [1.807, 2.05) is 0 Å². The van der Waals surface area contributed by atoms with Crippen molar-refractivity contribution in [1.29, 1.82) is 0 Å². The van der Waals surface area contributed by atoms with Gasteiger partial charge in [0.15, 0.2) is 16.3 Å². The highest BCUT2D eigenvalue weighted by molar-refractivity contribution is 6.42. The molecule has 0 fully saturated rings. The topological polar surface area (TPSA) is 78.9 Å². The van der Waals surface area contributed by atoms with E-state index in [1.54, 1.807) is 0 Å². The molecule has 0 aliphatic rings. The second kappa shape index (κ2) is 8.86. The lowest BCUT2D eigenvalue weighted by Gasteiger charge is -2.08. The Hall–Kier alpha value is -5.34. The lowest BCUT2D eigenvalue weighted by molar-refractivity contribution is -0.275. The maximum Gasteiger partial charge on any atom is 0.573 e. The Kier molecular flexibility index (Phi) is 5.60. The van der Waals surface area contributed by atoms with Crippen molar-refractivity contribution in [3.63, 3.8) is 0 Å². The molecule has 228 valence electrons. The molecular formula is C30H9F9O6. The lowest BCUT2D eigenvalue weighted by Crippen LogP contribution is -2.17. The normalized spacial score (nSPS) is 13.3. The number of fused-ring (bicyclic) bond motifs is 12. The summed E-state index contributed by atoms with van der Waals surface area (Å²) < 4.78 is 128. The molecule has 0 unspecified atom stereocenters. The van der Waals surface area contributed by atoms with Crippen molar-refractivity contribution in [3.8, 4) is 17.2 Å². The monoisotopic (exact) mass is 636 g/mol. The van der Waals surface area contributed by atoms with Gasteiger partial charge >= 0.3 is 19.1 Å². The van der Waals surface area contributed by atoms with Crippen LogP contribution in [0.1, 0.15) is 0 Å². The highest BCUT2D eigenvalue weighted by atomic mass is 19.4. The van der Waals surface area contributed by atoms with Gasteiger partial charge in [-0.2, -0.15) is 0 Å². The van der Waals surface area contributed by atoms with Crippen molar-refractivity contribution < 1.29 is 53.7 Å². The van der Waals surface area contributed by atoms with Crippen molar-refractivity contribution in [2.75, 3.05) is 0 Å². The van der Waals surface area contributed by atoms with Crippen molar-refractivity contribution in [3.05, 3.63) is 85.3 Å². The molecule has 0 bridgehead atoms. The summed E-state index contributed by atoms with van der Waals surface area (Å²) in [5.74, 6) is -2.32. The van der Waals surface area contributed by atoms with E-state index >= 15 is 0 Å². The Morgan fingerprint density at radius 2 is 0.600 bits per heavy atom.